The summed E-state index contributed by atoms with van der Waals surface area (Å²) in [6.07, 6.45) is 0.519. The van der Waals surface area contributed by atoms with Gasteiger partial charge in [0.2, 0.25) is 5.91 Å². The number of benzene rings is 1. The normalized spacial score (nSPS) is 24.5. The smallest absolute Gasteiger partial charge is 0.227 e. The van der Waals surface area contributed by atoms with Crippen molar-refractivity contribution in [2.24, 2.45) is 0 Å². The molecule has 1 amide bonds. The third-order valence-electron chi connectivity index (χ3n) is 4.15. The fraction of sp³-hybridized carbons (Fsp3) is 0.562. The van der Waals surface area contributed by atoms with Gasteiger partial charge in [0.15, 0.2) is 0 Å². The molecule has 1 heterocycles. The second kappa shape index (κ2) is 5.74. The molecule has 19 heavy (non-hydrogen) atoms. The zero-order valence-corrected chi connectivity index (χ0v) is 12.4. The topological polar surface area (TPSA) is 23.6 Å². The minimum absolute atomic E-state index is 0.248. The van der Waals surface area contributed by atoms with E-state index in [0.29, 0.717) is 18.5 Å². The summed E-state index contributed by atoms with van der Waals surface area (Å²) in [6, 6.07) is 9.09. The predicted molar refractivity (Wildman–Crippen MR) is 78.2 cm³/mol. The molecule has 1 saturated heterocycles. The zero-order chi connectivity index (χ0) is 14.0. The molecule has 1 aliphatic heterocycles. The maximum atomic E-state index is 12.4. The molecule has 0 saturated carbocycles. The maximum Gasteiger partial charge on any atom is 0.227 e. The summed E-state index contributed by atoms with van der Waals surface area (Å²) in [5.74, 6) is 0.248. The molecule has 1 fully saturated rings. The number of aryl methyl sites for hydroxylation is 1. The van der Waals surface area contributed by atoms with Crippen LogP contribution in [0.25, 0.3) is 0 Å². The first-order chi connectivity index (χ1) is 8.97. The number of piperazine rings is 1. The van der Waals surface area contributed by atoms with Crippen LogP contribution in [0.2, 0.25) is 0 Å². The van der Waals surface area contributed by atoms with Crippen molar-refractivity contribution in [3.8, 4) is 0 Å². The van der Waals surface area contributed by atoms with Crippen molar-refractivity contribution >= 4 is 5.91 Å². The third kappa shape index (κ3) is 3.35. The second-order valence-electron chi connectivity index (χ2n) is 5.83. The molecule has 0 aliphatic carbocycles. The van der Waals surface area contributed by atoms with Crippen LogP contribution in [0.4, 0.5) is 0 Å². The molecule has 104 valence electrons. The van der Waals surface area contributed by atoms with Crippen molar-refractivity contribution in [2.75, 3.05) is 20.1 Å². The number of nitrogens with zero attached hydrogens (tertiary/aromatic N) is 2. The molecule has 0 spiro atoms. The Labute approximate surface area is 116 Å². The summed E-state index contributed by atoms with van der Waals surface area (Å²) in [6.45, 7) is 8.11. The van der Waals surface area contributed by atoms with Crippen molar-refractivity contribution in [1.29, 1.82) is 0 Å². The number of likely N-dealkylation sites (N-methyl/N-ethyl adjacent to an activating group) is 1. The van der Waals surface area contributed by atoms with Gasteiger partial charge >= 0.3 is 0 Å². The van der Waals surface area contributed by atoms with Crippen LogP contribution in [-0.2, 0) is 11.2 Å². The van der Waals surface area contributed by atoms with Crippen LogP contribution in [0.15, 0.2) is 24.3 Å². The number of hydrogen-bond acceptors (Lipinski definition) is 2. The van der Waals surface area contributed by atoms with Gasteiger partial charge in [-0.25, -0.2) is 0 Å². The molecule has 2 atom stereocenters. The number of carbonyl (C=O) groups is 1. The van der Waals surface area contributed by atoms with Gasteiger partial charge < -0.3 is 4.90 Å². The average molecular weight is 260 g/mol. The molecule has 1 aromatic rings. The zero-order valence-electron chi connectivity index (χ0n) is 12.4. The molecule has 3 heteroatoms. The second-order valence-corrected chi connectivity index (χ2v) is 5.83. The highest BCUT2D eigenvalue weighted by molar-refractivity contribution is 5.79. The Morgan fingerprint density at radius 1 is 1.26 bits per heavy atom. The van der Waals surface area contributed by atoms with Crippen LogP contribution < -0.4 is 0 Å². The molecule has 0 aromatic heterocycles. The van der Waals surface area contributed by atoms with E-state index in [1.54, 1.807) is 0 Å². The fourth-order valence-corrected chi connectivity index (χ4v) is 2.72. The van der Waals surface area contributed by atoms with Crippen LogP contribution in [0, 0.1) is 6.92 Å². The first-order valence-electron chi connectivity index (χ1n) is 7.02. The van der Waals surface area contributed by atoms with Gasteiger partial charge in [0.1, 0.15) is 0 Å². The van der Waals surface area contributed by atoms with E-state index in [9.17, 15) is 4.79 Å². The lowest BCUT2D eigenvalue weighted by molar-refractivity contribution is -0.134. The molecule has 0 radical (unpaired) electrons. The predicted octanol–water partition coefficient (Wildman–Crippen LogP) is 2.09. The summed E-state index contributed by atoms with van der Waals surface area (Å²) in [5, 5.41) is 0. The van der Waals surface area contributed by atoms with E-state index >= 15 is 0 Å². The number of rotatable bonds is 2. The molecule has 0 N–H and O–H groups in total. The van der Waals surface area contributed by atoms with Crippen LogP contribution in [0.5, 0.6) is 0 Å². The van der Waals surface area contributed by atoms with E-state index in [-0.39, 0.29) is 5.91 Å². The van der Waals surface area contributed by atoms with Gasteiger partial charge in [0, 0.05) is 25.2 Å². The summed E-state index contributed by atoms with van der Waals surface area (Å²) < 4.78 is 0. The molecule has 1 aliphatic rings. The molecular weight excluding hydrogens is 236 g/mol. The van der Waals surface area contributed by atoms with Gasteiger partial charge in [-0.15, -0.1) is 0 Å². The first-order valence-corrected chi connectivity index (χ1v) is 7.02. The van der Waals surface area contributed by atoms with Gasteiger partial charge in [-0.1, -0.05) is 29.8 Å². The Morgan fingerprint density at radius 2 is 1.89 bits per heavy atom. The van der Waals surface area contributed by atoms with E-state index in [4.69, 9.17) is 0 Å². The fourth-order valence-electron chi connectivity index (χ4n) is 2.72. The molecule has 2 rings (SSSR count). The Morgan fingerprint density at radius 3 is 2.47 bits per heavy atom. The average Bonchev–Trinajstić information content (AvgIpc) is 2.35. The molecule has 0 bridgehead atoms. The van der Waals surface area contributed by atoms with Crippen LogP contribution in [0.3, 0.4) is 0 Å². The number of hydrogen-bond donors (Lipinski definition) is 0. The van der Waals surface area contributed by atoms with Gasteiger partial charge in [0.25, 0.3) is 0 Å². The number of amides is 1. The van der Waals surface area contributed by atoms with Crippen molar-refractivity contribution in [1.82, 2.24) is 9.80 Å². The van der Waals surface area contributed by atoms with Crippen LogP contribution >= 0.6 is 0 Å². The summed E-state index contributed by atoms with van der Waals surface area (Å²) in [4.78, 5) is 16.7. The molecule has 2 unspecified atom stereocenters. The Bertz CT molecular complexity index is 446. The van der Waals surface area contributed by atoms with E-state index in [0.717, 1.165) is 18.7 Å². The van der Waals surface area contributed by atoms with Gasteiger partial charge in [0.05, 0.1) is 6.42 Å². The van der Waals surface area contributed by atoms with E-state index in [1.165, 1.54) is 5.56 Å². The van der Waals surface area contributed by atoms with Gasteiger partial charge in [-0.3, -0.25) is 9.69 Å². The van der Waals surface area contributed by atoms with Crippen LogP contribution in [0.1, 0.15) is 25.0 Å². The highest BCUT2D eigenvalue weighted by Gasteiger charge is 2.28. The highest BCUT2D eigenvalue weighted by atomic mass is 16.2. The van der Waals surface area contributed by atoms with Gasteiger partial charge in [-0.05, 0) is 33.4 Å². The largest absolute Gasteiger partial charge is 0.339 e. The van der Waals surface area contributed by atoms with Crippen molar-refractivity contribution in [3.05, 3.63) is 35.4 Å². The van der Waals surface area contributed by atoms with Crippen molar-refractivity contribution in [3.63, 3.8) is 0 Å². The van der Waals surface area contributed by atoms with Crippen LogP contribution in [-0.4, -0.2) is 47.9 Å². The minimum Gasteiger partial charge on any atom is -0.339 e. The van der Waals surface area contributed by atoms with Crippen molar-refractivity contribution in [2.45, 2.75) is 39.3 Å². The lowest BCUT2D eigenvalue weighted by Gasteiger charge is -2.42. The molecular formula is C16H24N2O. The highest BCUT2D eigenvalue weighted by Crippen LogP contribution is 2.15. The third-order valence-corrected chi connectivity index (χ3v) is 4.15. The Hall–Kier alpha value is -1.35. The molecule has 1 aromatic carbocycles. The monoisotopic (exact) mass is 260 g/mol. The SMILES string of the molecule is Cc1cccc(CC(=O)N2CC(C)N(C)C(C)C2)c1. The standard InChI is InChI=1S/C16H24N2O/c1-12-6-5-7-15(8-12)9-16(19)18-10-13(2)17(4)14(3)11-18/h5-8,13-14H,9-11H2,1-4H3. The Balaban J connectivity index is 2.00. The number of carbonyl (C=O) groups excluding carboxylic acids is 1. The molecule has 3 nitrogen and oxygen atoms in total. The maximum absolute atomic E-state index is 12.4. The lowest BCUT2D eigenvalue weighted by atomic mass is 10.1. The van der Waals surface area contributed by atoms with E-state index in [2.05, 4.69) is 44.9 Å². The minimum atomic E-state index is 0.248. The summed E-state index contributed by atoms with van der Waals surface area (Å²) in [5.41, 5.74) is 2.33. The van der Waals surface area contributed by atoms with E-state index in [1.807, 2.05) is 17.0 Å². The van der Waals surface area contributed by atoms with Gasteiger partial charge in [-0.2, -0.15) is 0 Å². The quantitative estimate of drug-likeness (QED) is 0.813. The first kappa shape index (κ1) is 14.1. The lowest BCUT2D eigenvalue weighted by Crippen LogP contribution is -2.56. The summed E-state index contributed by atoms with van der Waals surface area (Å²) in [7, 11) is 2.14. The van der Waals surface area contributed by atoms with Crippen molar-refractivity contribution < 1.29 is 4.79 Å². The summed E-state index contributed by atoms with van der Waals surface area (Å²) >= 11 is 0. The van der Waals surface area contributed by atoms with E-state index < -0.39 is 0 Å². The Kier molecular flexibility index (Phi) is 4.25.